The summed E-state index contributed by atoms with van der Waals surface area (Å²) in [6.07, 6.45) is -19.7. The highest BCUT2D eigenvalue weighted by Crippen LogP contribution is 2.35. The molecule has 4 radical (unpaired) electrons. The molecule has 0 bridgehead atoms. The van der Waals surface area contributed by atoms with Crippen LogP contribution in [-0.4, -0.2) is 213 Å². The zero-order valence-corrected chi connectivity index (χ0v) is 29.3. The van der Waals surface area contributed by atoms with Crippen LogP contribution >= 0.6 is 0 Å². The first kappa shape index (κ1) is 43.3. The van der Waals surface area contributed by atoms with Gasteiger partial charge in [0.2, 0.25) is 0 Å². The van der Waals surface area contributed by atoms with Gasteiger partial charge in [0.15, 0.2) is 25.2 Å². The van der Waals surface area contributed by atoms with Crippen LogP contribution in [0.5, 0.6) is 0 Å². The number of ether oxygens (including phenoxy) is 9. The number of rotatable bonds is 14. The molecule has 5 saturated heterocycles. The van der Waals surface area contributed by atoms with Crippen molar-refractivity contribution in [3.63, 3.8) is 0 Å². The van der Waals surface area contributed by atoms with E-state index in [1.54, 1.807) is 6.92 Å². The summed E-state index contributed by atoms with van der Waals surface area (Å²) < 4.78 is 50.9. The van der Waals surface area contributed by atoms with Gasteiger partial charge in [0.05, 0.1) is 75.3 Å². The zero-order valence-electron chi connectivity index (χ0n) is 29.3. The molecule has 11 N–H and O–H groups in total. The van der Waals surface area contributed by atoms with Gasteiger partial charge in [-0.05, 0) is 12.8 Å². The fourth-order valence-electron chi connectivity index (χ4n) is 6.92. The molecule has 0 aromatic carbocycles. The maximum atomic E-state index is 11.5. The Hall–Kier alpha value is -0.800. The van der Waals surface area contributed by atoms with E-state index in [2.05, 4.69) is 0 Å². The van der Waals surface area contributed by atoms with Crippen LogP contribution in [0.3, 0.4) is 0 Å². The van der Waals surface area contributed by atoms with E-state index in [0.29, 0.717) is 6.42 Å². The topological polar surface area (TPSA) is 306 Å². The standard InChI is InChI=1S/C33H54O20/c1-3-22-14(35)6-20(41)31(50-22)46-10-26-18(39)8-21(42)32(52-26)47-12-27-28(43)13(4-23-15(36)5-16(37)24(9-34)49-23)29(44)33(53-27)48-11-25-17(38)7-19(40)30(45-2)51-25/h5-8,13-44H,3-4,9-12H2,1-2H3. The molecule has 20 nitrogen and oxygen atoms in total. The van der Waals surface area contributed by atoms with Crippen molar-refractivity contribution in [2.45, 2.75) is 143 Å². The molecule has 5 aliphatic rings. The first-order valence-electron chi connectivity index (χ1n) is 17.7. The molecule has 21 unspecified atom stereocenters. The number of aliphatic hydroxyl groups excluding tert-OH is 11. The molecule has 5 fully saturated rings. The van der Waals surface area contributed by atoms with E-state index < -0.39 is 142 Å². The van der Waals surface area contributed by atoms with E-state index in [1.165, 1.54) is 26.4 Å². The fraction of sp³-hybridized carbons (Fsp3) is 0.879. The zero-order chi connectivity index (χ0) is 38.6. The van der Waals surface area contributed by atoms with Crippen molar-refractivity contribution in [2.75, 3.05) is 33.5 Å². The van der Waals surface area contributed by atoms with Gasteiger partial charge in [0, 0.05) is 38.7 Å². The largest absolute Gasteiger partial charge is 0.394 e. The number of hydrogen-bond donors (Lipinski definition) is 11. The van der Waals surface area contributed by atoms with Crippen molar-refractivity contribution in [3.05, 3.63) is 25.7 Å². The van der Waals surface area contributed by atoms with Crippen LogP contribution in [-0.2, 0) is 42.6 Å². The van der Waals surface area contributed by atoms with Gasteiger partial charge in [-0.3, -0.25) is 0 Å². The van der Waals surface area contributed by atoms with Gasteiger partial charge in [0.25, 0.3) is 0 Å². The highest BCUT2D eigenvalue weighted by Gasteiger charge is 2.50. The average molecular weight is 771 g/mol. The van der Waals surface area contributed by atoms with Crippen LogP contribution in [0.15, 0.2) is 0 Å². The molecule has 0 spiro atoms. The predicted octanol–water partition coefficient (Wildman–Crippen LogP) is -5.82. The van der Waals surface area contributed by atoms with E-state index in [4.69, 9.17) is 42.6 Å². The Balaban J connectivity index is 1.24. The van der Waals surface area contributed by atoms with Gasteiger partial charge >= 0.3 is 0 Å². The number of methoxy groups -OCH3 is 1. The summed E-state index contributed by atoms with van der Waals surface area (Å²) in [6, 6.07) is 0. The molecule has 0 saturated carbocycles. The summed E-state index contributed by atoms with van der Waals surface area (Å²) in [5.41, 5.74) is 0. The number of aliphatic hydroxyl groups is 11. The first-order chi connectivity index (χ1) is 25.2. The molecule has 5 aliphatic heterocycles. The van der Waals surface area contributed by atoms with E-state index in [0.717, 1.165) is 6.42 Å². The van der Waals surface area contributed by atoms with Crippen molar-refractivity contribution >= 4 is 0 Å². The van der Waals surface area contributed by atoms with Crippen LogP contribution in [0.2, 0.25) is 0 Å². The second-order valence-corrected chi connectivity index (χ2v) is 13.8. The molecular weight excluding hydrogens is 716 g/mol. The Morgan fingerprint density at radius 1 is 0.453 bits per heavy atom. The maximum absolute atomic E-state index is 11.5. The van der Waals surface area contributed by atoms with E-state index in [-0.39, 0.29) is 19.6 Å². The van der Waals surface area contributed by atoms with Crippen molar-refractivity contribution < 1.29 is 98.8 Å². The van der Waals surface area contributed by atoms with Crippen LogP contribution in [0, 0.1) is 31.6 Å². The van der Waals surface area contributed by atoms with Gasteiger partial charge in [-0.25, -0.2) is 0 Å². The smallest absolute Gasteiger partial charge is 0.184 e. The summed E-state index contributed by atoms with van der Waals surface area (Å²) in [6.45, 7) is 0.0260. The Kier molecular flexibility index (Phi) is 16.0. The molecule has 0 aromatic rings. The SMILES string of the molecule is CCC1OC(OCC2OC(OCC3OC(OCC4OC(OC)C(O)[CH]C4O)C(O)C(CC4OC(CO)C(O)[CH]C4O)C3O)C(O)[CH]C2O)C(O)[CH]C1O. The Morgan fingerprint density at radius 3 is 1.42 bits per heavy atom. The second kappa shape index (κ2) is 19.6. The second-order valence-electron chi connectivity index (χ2n) is 13.8. The Morgan fingerprint density at radius 2 is 0.868 bits per heavy atom. The van der Waals surface area contributed by atoms with Gasteiger partial charge in [0.1, 0.15) is 48.8 Å². The lowest BCUT2D eigenvalue weighted by Gasteiger charge is -2.46. The molecule has 0 amide bonds. The van der Waals surface area contributed by atoms with Gasteiger partial charge in [-0.15, -0.1) is 0 Å². The van der Waals surface area contributed by atoms with E-state index >= 15 is 0 Å². The average Bonchev–Trinajstić information content (AvgIpc) is 3.11. The fourth-order valence-corrected chi connectivity index (χ4v) is 6.92. The molecule has 0 aliphatic carbocycles. The van der Waals surface area contributed by atoms with Crippen LogP contribution in [0.25, 0.3) is 0 Å². The molecule has 5 rings (SSSR count). The maximum Gasteiger partial charge on any atom is 0.184 e. The van der Waals surface area contributed by atoms with Crippen molar-refractivity contribution in [1.29, 1.82) is 0 Å². The lowest BCUT2D eigenvalue weighted by molar-refractivity contribution is -0.325. The summed E-state index contributed by atoms with van der Waals surface area (Å²) in [4.78, 5) is 0. The van der Waals surface area contributed by atoms with Crippen LogP contribution in [0.4, 0.5) is 0 Å². The molecule has 0 aromatic heterocycles. The highest BCUT2D eigenvalue weighted by atomic mass is 16.7. The third kappa shape index (κ3) is 10.6. The third-order valence-corrected chi connectivity index (χ3v) is 10.0. The Bertz CT molecular complexity index is 1090. The summed E-state index contributed by atoms with van der Waals surface area (Å²) in [5.74, 6) is -1.14. The monoisotopic (exact) mass is 770 g/mol. The quantitative estimate of drug-likeness (QED) is 0.0784. The summed E-state index contributed by atoms with van der Waals surface area (Å²) >= 11 is 0. The molecule has 306 valence electrons. The van der Waals surface area contributed by atoms with Crippen molar-refractivity contribution in [3.8, 4) is 0 Å². The lowest BCUT2D eigenvalue weighted by atomic mass is 9.82. The lowest BCUT2D eigenvalue weighted by Crippen LogP contribution is -2.60. The molecule has 53 heavy (non-hydrogen) atoms. The third-order valence-electron chi connectivity index (χ3n) is 10.0. The number of hydrogen-bond acceptors (Lipinski definition) is 20. The minimum atomic E-state index is -1.57. The molecule has 21 atom stereocenters. The van der Waals surface area contributed by atoms with E-state index in [1.807, 2.05) is 0 Å². The van der Waals surface area contributed by atoms with Crippen molar-refractivity contribution in [1.82, 2.24) is 0 Å². The van der Waals surface area contributed by atoms with Gasteiger partial charge in [-0.2, -0.15) is 0 Å². The molecule has 20 heteroatoms. The summed E-state index contributed by atoms with van der Waals surface area (Å²) in [5, 5.41) is 115. The highest BCUT2D eigenvalue weighted by molar-refractivity contribution is 5.02. The minimum absolute atomic E-state index is 0.221. The van der Waals surface area contributed by atoms with Crippen molar-refractivity contribution in [2.24, 2.45) is 5.92 Å². The minimum Gasteiger partial charge on any atom is -0.394 e. The van der Waals surface area contributed by atoms with E-state index in [9.17, 15) is 56.2 Å². The predicted molar refractivity (Wildman–Crippen MR) is 171 cm³/mol. The normalized spacial score (nSPS) is 49.9. The van der Waals surface area contributed by atoms with Crippen LogP contribution < -0.4 is 0 Å². The van der Waals surface area contributed by atoms with Gasteiger partial charge in [-0.1, -0.05) is 6.92 Å². The molecule has 5 heterocycles. The molecular formula is C33H54O20. The summed E-state index contributed by atoms with van der Waals surface area (Å²) in [7, 11) is 1.30. The first-order valence-corrected chi connectivity index (χ1v) is 17.7. The van der Waals surface area contributed by atoms with Crippen LogP contribution in [0.1, 0.15) is 19.8 Å². The van der Waals surface area contributed by atoms with Gasteiger partial charge < -0.3 is 98.8 Å². The Labute approximate surface area is 306 Å².